The van der Waals surface area contributed by atoms with E-state index in [4.69, 9.17) is 0 Å². The number of aldehydes is 1. The van der Waals surface area contributed by atoms with Crippen LogP contribution in [0.25, 0.3) is 11.1 Å². The van der Waals surface area contributed by atoms with Crippen molar-refractivity contribution < 1.29 is 25.2 Å². The molecule has 0 saturated heterocycles. The third-order valence-corrected chi connectivity index (χ3v) is 3.52. The summed E-state index contributed by atoms with van der Waals surface area (Å²) >= 11 is 0. The van der Waals surface area contributed by atoms with Crippen molar-refractivity contribution in [1.29, 1.82) is 0 Å². The Morgan fingerprint density at radius 2 is 1.55 bits per heavy atom. The summed E-state index contributed by atoms with van der Waals surface area (Å²) in [5, 5.41) is 39.2. The Balaban J connectivity index is 2.77. The molecule has 0 saturated carbocycles. The Labute approximate surface area is 128 Å². The maximum atomic E-state index is 11.2. The molecule has 0 fully saturated rings. The van der Waals surface area contributed by atoms with Crippen LogP contribution in [0.2, 0.25) is 0 Å². The number of aromatic hydroxyl groups is 4. The predicted molar refractivity (Wildman–Crippen MR) is 82.6 cm³/mol. The van der Waals surface area contributed by atoms with E-state index < -0.39 is 22.7 Å². The first kappa shape index (κ1) is 15.7. The average Bonchev–Trinajstić information content (AvgIpc) is 2.44. The fourth-order valence-corrected chi connectivity index (χ4v) is 2.28. The smallest absolute Gasteiger partial charge is 0.200 e. The first-order chi connectivity index (χ1) is 10.2. The van der Waals surface area contributed by atoms with E-state index in [1.807, 2.05) is 20.8 Å². The van der Waals surface area contributed by atoms with Crippen LogP contribution in [0.15, 0.2) is 24.3 Å². The summed E-state index contributed by atoms with van der Waals surface area (Å²) in [7, 11) is 0. The molecule has 4 N–H and O–H groups in total. The maximum Gasteiger partial charge on any atom is 0.200 e. The van der Waals surface area contributed by atoms with Crippen molar-refractivity contribution in [2.75, 3.05) is 0 Å². The van der Waals surface area contributed by atoms with Gasteiger partial charge in [0.25, 0.3) is 0 Å². The first-order valence-corrected chi connectivity index (χ1v) is 6.73. The minimum absolute atomic E-state index is 0.0920. The lowest BCUT2D eigenvalue weighted by atomic mass is 9.83. The Bertz CT molecular complexity index is 742. The van der Waals surface area contributed by atoms with Crippen LogP contribution in [-0.4, -0.2) is 26.7 Å². The van der Waals surface area contributed by atoms with Gasteiger partial charge in [0, 0.05) is 11.1 Å². The Hall–Kier alpha value is -2.69. The van der Waals surface area contributed by atoms with Gasteiger partial charge < -0.3 is 20.4 Å². The van der Waals surface area contributed by atoms with Crippen LogP contribution in [-0.2, 0) is 5.41 Å². The van der Waals surface area contributed by atoms with Gasteiger partial charge in [0.2, 0.25) is 5.75 Å². The number of rotatable bonds is 2. The van der Waals surface area contributed by atoms with Gasteiger partial charge in [-0.25, -0.2) is 0 Å². The largest absolute Gasteiger partial charge is 0.507 e. The Morgan fingerprint density at radius 3 is 2.09 bits per heavy atom. The molecule has 5 nitrogen and oxygen atoms in total. The molecule has 0 bridgehead atoms. The zero-order chi connectivity index (χ0) is 16.7. The topological polar surface area (TPSA) is 98.0 Å². The van der Waals surface area contributed by atoms with Crippen LogP contribution in [0.1, 0.15) is 36.7 Å². The van der Waals surface area contributed by atoms with E-state index >= 15 is 0 Å². The molecule has 0 heterocycles. The van der Waals surface area contributed by atoms with Crippen molar-refractivity contribution in [1.82, 2.24) is 0 Å². The molecule has 0 amide bonds. The molecule has 0 aromatic heterocycles. The summed E-state index contributed by atoms with van der Waals surface area (Å²) in [6, 6.07) is 5.74. The van der Waals surface area contributed by atoms with Crippen LogP contribution < -0.4 is 0 Å². The van der Waals surface area contributed by atoms with E-state index in [1.54, 1.807) is 6.07 Å². The fraction of sp³-hybridized carbons (Fsp3) is 0.235. The fourth-order valence-electron chi connectivity index (χ4n) is 2.28. The van der Waals surface area contributed by atoms with E-state index in [-0.39, 0.29) is 16.9 Å². The van der Waals surface area contributed by atoms with Crippen molar-refractivity contribution in [2.24, 2.45) is 0 Å². The van der Waals surface area contributed by atoms with Gasteiger partial charge in [-0.2, -0.15) is 0 Å². The van der Waals surface area contributed by atoms with Gasteiger partial charge in [-0.3, -0.25) is 4.79 Å². The zero-order valence-electron chi connectivity index (χ0n) is 12.6. The number of hydrogen-bond acceptors (Lipinski definition) is 5. The molecule has 0 spiro atoms. The molecule has 0 aliphatic heterocycles. The highest BCUT2D eigenvalue weighted by atomic mass is 16.3. The summed E-state index contributed by atoms with van der Waals surface area (Å²) in [4.78, 5) is 11.2. The third kappa shape index (κ3) is 2.57. The van der Waals surface area contributed by atoms with Crippen molar-refractivity contribution in [2.45, 2.75) is 26.2 Å². The quantitative estimate of drug-likeness (QED) is 0.504. The van der Waals surface area contributed by atoms with E-state index in [9.17, 15) is 25.2 Å². The van der Waals surface area contributed by atoms with Crippen molar-refractivity contribution >= 4 is 6.29 Å². The molecule has 0 unspecified atom stereocenters. The highest BCUT2D eigenvalue weighted by Crippen LogP contribution is 2.44. The molecular weight excluding hydrogens is 284 g/mol. The average molecular weight is 302 g/mol. The lowest BCUT2D eigenvalue weighted by Gasteiger charge is -2.22. The highest BCUT2D eigenvalue weighted by Gasteiger charge is 2.23. The van der Waals surface area contributed by atoms with Gasteiger partial charge in [-0.1, -0.05) is 20.8 Å². The third-order valence-electron chi connectivity index (χ3n) is 3.52. The van der Waals surface area contributed by atoms with E-state index in [0.29, 0.717) is 17.4 Å². The molecule has 116 valence electrons. The second-order valence-electron chi connectivity index (χ2n) is 6.16. The van der Waals surface area contributed by atoms with Crippen LogP contribution in [0.4, 0.5) is 0 Å². The van der Waals surface area contributed by atoms with Gasteiger partial charge >= 0.3 is 0 Å². The molecular formula is C17H18O5. The molecule has 22 heavy (non-hydrogen) atoms. The van der Waals surface area contributed by atoms with Crippen LogP contribution in [0.3, 0.4) is 0 Å². The van der Waals surface area contributed by atoms with Gasteiger partial charge in [-0.05, 0) is 35.2 Å². The van der Waals surface area contributed by atoms with Crippen molar-refractivity contribution in [3.8, 4) is 34.1 Å². The second kappa shape index (κ2) is 5.26. The number of carbonyl (C=O) groups excluding carboxylic acids is 1. The van der Waals surface area contributed by atoms with E-state index in [1.165, 1.54) is 18.2 Å². The maximum absolute atomic E-state index is 11.2. The van der Waals surface area contributed by atoms with Crippen LogP contribution in [0, 0.1) is 0 Å². The highest BCUT2D eigenvalue weighted by molar-refractivity contribution is 5.86. The summed E-state index contributed by atoms with van der Waals surface area (Å²) < 4.78 is 0. The number of benzene rings is 2. The van der Waals surface area contributed by atoms with Crippen LogP contribution in [0.5, 0.6) is 23.0 Å². The Kier molecular flexibility index (Phi) is 3.75. The normalized spacial score (nSPS) is 11.4. The number of carbonyl (C=O) groups is 1. The van der Waals surface area contributed by atoms with Crippen molar-refractivity contribution in [3.05, 3.63) is 35.4 Å². The standard InChI is InChI=1S/C17H18O5/c1-17(2,3)12-7-9(6-10(8-18)14(12)20)11-4-5-13(19)16(22)15(11)21/h4-8,19-22H,1-3H3. The molecule has 0 radical (unpaired) electrons. The van der Waals surface area contributed by atoms with Gasteiger partial charge in [-0.15, -0.1) is 0 Å². The molecule has 0 aliphatic carbocycles. The number of hydrogen-bond donors (Lipinski definition) is 4. The molecule has 0 atom stereocenters. The Morgan fingerprint density at radius 1 is 0.909 bits per heavy atom. The summed E-state index contributed by atoms with van der Waals surface area (Å²) in [5.41, 5.74) is 0.918. The molecule has 2 aromatic rings. The number of phenolic OH excluding ortho intramolecular Hbond substituents is 4. The predicted octanol–water partition coefficient (Wildman–Crippen LogP) is 3.29. The van der Waals surface area contributed by atoms with E-state index in [2.05, 4.69) is 0 Å². The summed E-state index contributed by atoms with van der Waals surface area (Å²) in [5.74, 6) is -1.65. The first-order valence-electron chi connectivity index (χ1n) is 6.73. The van der Waals surface area contributed by atoms with Crippen LogP contribution >= 0.6 is 0 Å². The zero-order valence-corrected chi connectivity index (χ0v) is 12.6. The minimum Gasteiger partial charge on any atom is -0.507 e. The van der Waals surface area contributed by atoms with Gasteiger partial charge in [0.05, 0.1) is 5.56 Å². The minimum atomic E-state index is -0.629. The molecule has 2 rings (SSSR count). The lowest BCUT2D eigenvalue weighted by Crippen LogP contribution is -2.12. The summed E-state index contributed by atoms with van der Waals surface area (Å²) in [6.45, 7) is 5.65. The molecule has 2 aromatic carbocycles. The SMILES string of the molecule is CC(C)(C)c1cc(-c2ccc(O)c(O)c2O)cc(C=O)c1O. The molecule has 0 aliphatic rings. The van der Waals surface area contributed by atoms with Crippen molar-refractivity contribution in [3.63, 3.8) is 0 Å². The monoisotopic (exact) mass is 302 g/mol. The summed E-state index contributed by atoms with van der Waals surface area (Å²) in [6.07, 6.45) is 0.533. The second-order valence-corrected chi connectivity index (χ2v) is 6.16. The number of phenols is 4. The lowest BCUT2D eigenvalue weighted by molar-refractivity contribution is 0.112. The van der Waals surface area contributed by atoms with E-state index in [0.717, 1.165) is 0 Å². The van der Waals surface area contributed by atoms with Gasteiger partial charge in [0.1, 0.15) is 5.75 Å². The van der Waals surface area contributed by atoms with Gasteiger partial charge in [0.15, 0.2) is 17.8 Å². The molecule has 5 heteroatoms.